The second kappa shape index (κ2) is 5.47. The molecule has 2 N–H and O–H groups in total. The lowest BCUT2D eigenvalue weighted by Gasteiger charge is -2.02. The van der Waals surface area contributed by atoms with Crippen LogP contribution in [0, 0.1) is 0 Å². The van der Waals surface area contributed by atoms with E-state index in [1.165, 1.54) is 6.20 Å². The van der Waals surface area contributed by atoms with Crippen LogP contribution in [0.4, 0.5) is 0 Å². The minimum atomic E-state index is -0.242. The second-order valence-corrected chi connectivity index (χ2v) is 1.52. The van der Waals surface area contributed by atoms with Gasteiger partial charge < -0.3 is 10.5 Å². The van der Waals surface area contributed by atoms with E-state index in [1.54, 1.807) is 13.3 Å². The van der Waals surface area contributed by atoms with Crippen molar-refractivity contribution in [3.05, 3.63) is 12.8 Å². The molecule has 1 atom stereocenters. The van der Waals surface area contributed by atoms with Crippen LogP contribution in [-0.4, -0.2) is 19.6 Å². The van der Waals surface area contributed by atoms with Crippen LogP contribution in [0.2, 0.25) is 0 Å². The van der Waals surface area contributed by atoms with Crippen LogP contribution in [0.1, 0.15) is 6.42 Å². The molecule has 0 saturated carbocycles. The first-order valence-corrected chi connectivity index (χ1v) is 2.72. The highest BCUT2D eigenvalue weighted by molar-refractivity contribution is 5.58. The van der Waals surface area contributed by atoms with Crippen LogP contribution < -0.4 is 5.73 Å². The normalized spacial score (nSPS) is 14.0. The van der Waals surface area contributed by atoms with E-state index in [-0.39, 0.29) is 6.23 Å². The summed E-state index contributed by atoms with van der Waals surface area (Å²) < 4.78 is 4.75. The molecule has 0 radical (unpaired) electrons. The predicted octanol–water partition coefficient (Wildman–Crippen LogP) is 0.522. The smallest absolute Gasteiger partial charge is 0.110 e. The number of nitrogens with zero attached hydrogens (tertiary/aromatic N) is 1. The van der Waals surface area contributed by atoms with E-state index in [4.69, 9.17) is 10.5 Å². The lowest BCUT2D eigenvalue weighted by atomic mass is 10.4. The van der Waals surface area contributed by atoms with E-state index in [0.717, 1.165) is 0 Å². The molecule has 0 aliphatic carbocycles. The fraction of sp³-hybridized carbons (Fsp3) is 0.500. The Labute approximate surface area is 55.2 Å². The van der Waals surface area contributed by atoms with Gasteiger partial charge in [-0.1, -0.05) is 6.58 Å². The predicted molar refractivity (Wildman–Crippen MR) is 38.3 cm³/mol. The molecule has 3 nitrogen and oxygen atoms in total. The molecule has 0 heterocycles. The summed E-state index contributed by atoms with van der Waals surface area (Å²) >= 11 is 0. The van der Waals surface area contributed by atoms with E-state index < -0.39 is 0 Å². The van der Waals surface area contributed by atoms with Gasteiger partial charge in [0.15, 0.2) is 0 Å². The molecular formula is C6H12N2O. The number of aliphatic imine (C=N–C) groups is 1. The molecule has 0 fully saturated rings. The van der Waals surface area contributed by atoms with Crippen LogP contribution in [0.25, 0.3) is 0 Å². The summed E-state index contributed by atoms with van der Waals surface area (Å²) in [6, 6.07) is 0. The number of hydrogen-bond acceptors (Lipinski definition) is 3. The minimum absolute atomic E-state index is 0.242. The third-order valence-electron chi connectivity index (χ3n) is 0.851. The first kappa shape index (κ1) is 8.33. The Kier molecular flexibility index (Phi) is 5.06. The molecule has 3 heteroatoms. The van der Waals surface area contributed by atoms with E-state index in [1.807, 2.05) is 0 Å². The van der Waals surface area contributed by atoms with Gasteiger partial charge in [-0.2, -0.15) is 0 Å². The van der Waals surface area contributed by atoms with Gasteiger partial charge >= 0.3 is 0 Å². The molecule has 1 unspecified atom stereocenters. The van der Waals surface area contributed by atoms with Gasteiger partial charge in [0.1, 0.15) is 6.23 Å². The number of rotatable bonds is 4. The van der Waals surface area contributed by atoms with Crippen LogP contribution >= 0.6 is 0 Å². The molecule has 0 rings (SSSR count). The number of ether oxygens (including phenoxy) is 1. The molecular weight excluding hydrogens is 116 g/mol. The molecule has 52 valence electrons. The monoisotopic (exact) mass is 128 g/mol. The highest BCUT2D eigenvalue weighted by Gasteiger charge is 1.92. The van der Waals surface area contributed by atoms with Crippen molar-refractivity contribution in [3.63, 3.8) is 0 Å². The van der Waals surface area contributed by atoms with Gasteiger partial charge in [0.25, 0.3) is 0 Å². The maximum Gasteiger partial charge on any atom is 0.110 e. The van der Waals surface area contributed by atoms with Crippen molar-refractivity contribution in [1.29, 1.82) is 0 Å². The minimum Gasteiger partial charge on any atom is -0.366 e. The highest BCUT2D eigenvalue weighted by atomic mass is 16.5. The molecule has 0 amide bonds. The van der Waals surface area contributed by atoms with Crippen LogP contribution in [-0.2, 0) is 4.74 Å². The molecule has 0 saturated heterocycles. The summed E-state index contributed by atoms with van der Waals surface area (Å²) in [5.41, 5.74) is 5.37. The lowest BCUT2D eigenvalue weighted by molar-refractivity contribution is 0.115. The van der Waals surface area contributed by atoms with Gasteiger partial charge in [-0.25, -0.2) is 0 Å². The molecule has 0 bridgehead atoms. The van der Waals surface area contributed by atoms with Crippen LogP contribution in [0.15, 0.2) is 17.8 Å². The molecule has 0 aliphatic heterocycles. The molecule has 9 heavy (non-hydrogen) atoms. The SMILES string of the molecule is C=C/N=C\CC(N)OC. The highest BCUT2D eigenvalue weighted by Crippen LogP contribution is 1.83. The van der Waals surface area contributed by atoms with Crippen molar-refractivity contribution >= 4 is 6.21 Å². The maximum atomic E-state index is 5.37. The quantitative estimate of drug-likeness (QED) is 0.443. The van der Waals surface area contributed by atoms with Gasteiger partial charge in [-0.3, -0.25) is 4.99 Å². The summed E-state index contributed by atoms with van der Waals surface area (Å²) in [6.07, 6.45) is 3.51. The van der Waals surface area contributed by atoms with Gasteiger partial charge in [0.2, 0.25) is 0 Å². The zero-order valence-corrected chi connectivity index (χ0v) is 5.58. The summed E-state index contributed by atoms with van der Waals surface area (Å²) in [5, 5.41) is 0. The summed E-state index contributed by atoms with van der Waals surface area (Å²) in [5.74, 6) is 0. The Morgan fingerprint density at radius 3 is 3.00 bits per heavy atom. The van der Waals surface area contributed by atoms with Gasteiger partial charge in [-0.05, 0) is 0 Å². The zero-order valence-electron chi connectivity index (χ0n) is 5.58. The van der Waals surface area contributed by atoms with Crippen molar-refractivity contribution in [2.75, 3.05) is 7.11 Å². The fourth-order valence-corrected chi connectivity index (χ4v) is 0.336. The lowest BCUT2D eigenvalue weighted by Crippen LogP contribution is -2.21. The molecule has 0 aromatic heterocycles. The molecule has 0 aromatic carbocycles. The van der Waals surface area contributed by atoms with Crippen molar-refractivity contribution in [2.24, 2.45) is 10.7 Å². The summed E-state index contributed by atoms with van der Waals surface area (Å²) in [4.78, 5) is 3.74. The average molecular weight is 128 g/mol. The Hall–Kier alpha value is -0.670. The van der Waals surface area contributed by atoms with Crippen LogP contribution in [0.3, 0.4) is 0 Å². The number of nitrogens with two attached hydrogens (primary N) is 1. The molecule has 0 aromatic rings. The third kappa shape index (κ3) is 5.20. The van der Waals surface area contributed by atoms with Crippen molar-refractivity contribution in [3.8, 4) is 0 Å². The Balaban J connectivity index is 3.25. The van der Waals surface area contributed by atoms with Gasteiger partial charge in [-0.15, -0.1) is 0 Å². The van der Waals surface area contributed by atoms with E-state index >= 15 is 0 Å². The standard InChI is InChI=1S/C6H12N2O/c1-3-8-5-4-6(7)9-2/h3,5-6H,1,4,7H2,2H3/b8-5-. The first-order valence-electron chi connectivity index (χ1n) is 2.72. The average Bonchev–Trinajstić information content (AvgIpc) is 1.89. The van der Waals surface area contributed by atoms with Crippen molar-refractivity contribution in [2.45, 2.75) is 12.6 Å². The summed E-state index contributed by atoms with van der Waals surface area (Å²) in [7, 11) is 1.56. The topological polar surface area (TPSA) is 47.6 Å². The van der Waals surface area contributed by atoms with Crippen molar-refractivity contribution in [1.82, 2.24) is 0 Å². The van der Waals surface area contributed by atoms with E-state index in [2.05, 4.69) is 11.6 Å². The number of methoxy groups -OCH3 is 1. The van der Waals surface area contributed by atoms with Crippen LogP contribution in [0.5, 0.6) is 0 Å². The van der Waals surface area contributed by atoms with Gasteiger partial charge in [0, 0.05) is 25.9 Å². The Bertz CT molecular complexity index is 101. The maximum absolute atomic E-state index is 5.37. The Morgan fingerprint density at radius 2 is 2.56 bits per heavy atom. The second-order valence-electron chi connectivity index (χ2n) is 1.52. The summed E-state index contributed by atoms with van der Waals surface area (Å²) in [6.45, 7) is 3.40. The number of hydrogen-bond donors (Lipinski definition) is 1. The first-order chi connectivity index (χ1) is 4.31. The fourth-order valence-electron chi connectivity index (χ4n) is 0.336. The van der Waals surface area contributed by atoms with Crippen molar-refractivity contribution < 1.29 is 4.74 Å². The largest absolute Gasteiger partial charge is 0.366 e. The van der Waals surface area contributed by atoms with E-state index in [9.17, 15) is 0 Å². The molecule has 0 spiro atoms. The van der Waals surface area contributed by atoms with Gasteiger partial charge in [0.05, 0.1) is 0 Å². The van der Waals surface area contributed by atoms with E-state index in [0.29, 0.717) is 6.42 Å². The molecule has 0 aliphatic rings. The Morgan fingerprint density at radius 1 is 1.89 bits per heavy atom. The zero-order chi connectivity index (χ0) is 7.11. The third-order valence-corrected chi connectivity index (χ3v) is 0.851.